The number of pyridine rings is 1. The number of aromatic nitrogens is 1. The van der Waals surface area contributed by atoms with Crippen LogP contribution < -0.4 is 10.2 Å². The van der Waals surface area contributed by atoms with E-state index in [4.69, 9.17) is 0 Å². The number of nitrogens with one attached hydrogen (secondary N) is 1. The van der Waals surface area contributed by atoms with Gasteiger partial charge in [-0.2, -0.15) is 0 Å². The van der Waals surface area contributed by atoms with Gasteiger partial charge in [-0.3, -0.25) is 19.4 Å². The summed E-state index contributed by atoms with van der Waals surface area (Å²) in [4.78, 5) is 42.8. The molecule has 1 heterocycles. The van der Waals surface area contributed by atoms with E-state index in [-0.39, 0.29) is 23.3 Å². The van der Waals surface area contributed by atoms with Crippen molar-refractivity contribution in [3.05, 3.63) is 89.7 Å². The number of anilines is 2. The van der Waals surface area contributed by atoms with Crippen LogP contribution in [0.4, 0.5) is 11.4 Å². The Morgan fingerprint density at radius 3 is 2.38 bits per heavy atom. The average Bonchev–Trinajstić information content (AvgIpc) is 2.75. The lowest BCUT2D eigenvalue weighted by molar-refractivity contribution is 0.0981. The summed E-state index contributed by atoms with van der Waals surface area (Å²) in [6.45, 7) is 3.82. The number of nitrogens with zero attached hydrogens (tertiary/aromatic N) is 2. The van der Waals surface area contributed by atoms with E-state index in [1.54, 1.807) is 35.2 Å². The van der Waals surface area contributed by atoms with E-state index in [2.05, 4.69) is 10.3 Å². The molecule has 0 fully saturated rings. The maximum atomic E-state index is 12.9. The predicted octanol–water partition coefficient (Wildman–Crippen LogP) is 4.20. The van der Waals surface area contributed by atoms with Crippen molar-refractivity contribution in [2.75, 3.05) is 16.8 Å². The van der Waals surface area contributed by atoms with Crippen LogP contribution in [0.3, 0.4) is 0 Å². The van der Waals surface area contributed by atoms with Gasteiger partial charge in [-0.05, 0) is 50.2 Å². The van der Waals surface area contributed by atoms with Gasteiger partial charge >= 0.3 is 0 Å². The molecule has 0 bridgehead atoms. The fourth-order valence-corrected chi connectivity index (χ4v) is 2.90. The number of Topliss-reactive ketones (excluding diaryl/α,β-unsaturated/α-hetero) is 1. The van der Waals surface area contributed by atoms with Crippen molar-refractivity contribution in [3.8, 4) is 0 Å². The number of carbonyl (C=O) groups is 3. The van der Waals surface area contributed by atoms with Crippen LogP contribution in [0, 0.1) is 0 Å². The Kier molecular flexibility index (Phi) is 6.14. The van der Waals surface area contributed by atoms with Gasteiger partial charge in [0.2, 0.25) is 0 Å². The van der Waals surface area contributed by atoms with Gasteiger partial charge in [0.25, 0.3) is 11.8 Å². The second-order valence-corrected chi connectivity index (χ2v) is 6.41. The molecule has 0 spiro atoms. The molecule has 0 unspecified atom stereocenters. The Balaban J connectivity index is 1.81. The van der Waals surface area contributed by atoms with Crippen molar-refractivity contribution < 1.29 is 14.4 Å². The highest BCUT2D eigenvalue weighted by Crippen LogP contribution is 2.17. The number of para-hydroxylation sites is 1. The molecule has 1 N–H and O–H groups in total. The summed E-state index contributed by atoms with van der Waals surface area (Å²) in [5.74, 6) is -0.754. The molecule has 29 heavy (non-hydrogen) atoms. The highest BCUT2D eigenvalue weighted by molar-refractivity contribution is 6.09. The molecule has 0 saturated carbocycles. The van der Waals surface area contributed by atoms with E-state index in [0.717, 1.165) is 5.69 Å². The van der Waals surface area contributed by atoms with Gasteiger partial charge in [-0.25, -0.2) is 0 Å². The maximum absolute atomic E-state index is 12.9. The second kappa shape index (κ2) is 8.93. The molecule has 6 heteroatoms. The highest BCUT2D eigenvalue weighted by Gasteiger charge is 2.19. The van der Waals surface area contributed by atoms with Crippen molar-refractivity contribution in [1.82, 2.24) is 4.98 Å². The lowest BCUT2D eigenvalue weighted by Gasteiger charge is -2.20. The zero-order chi connectivity index (χ0) is 20.8. The Morgan fingerprint density at radius 2 is 1.69 bits per heavy atom. The van der Waals surface area contributed by atoms with E-state index >= 15 is 0 Å². The van der Waals surface area contributed by atoms with Crippen LogP contribution in [0.5, 0.6) is 0 Å². The minimum Gasteiger partial charge on any atom is -0.322 e. The third kappa shape index (κ3) is 4.73. The van der Waals surface area contributed by atoms with Crippen LogP contribution in [0.15, 0.2) is 72.9 Å². The van der Waals surface area contributed by atoms with Crippen LogP contribution in [0.1, 0.15) is 45.1 Å². The first-order valence-corrected chi connectivity index (χ1v) is 9.25. The van der Waals surface area contributed by atoms with Crippen molar-refractivity contribution in [2.45, 2.75) is 13.8 Å². The molecule has 0 aliphatic rings. The maximum Gasteiger partial charge on any atom is 0.276 e. The fraction of sp³-hybridized carbons (Fsp3) is 0.130. The van der Waals surface area contributed by atoms with E-state index in [1.165, 1.54) is 19.2 Å². The summed E-state index contributed by atoms with van der Waals surface area (Å²) >= 11 is 0. The molecule has 0 atom stereocenters. The molecule has 0 aliphatic heterocycles. The minimum absolute atomic E-state index is 0.0848. The van der Waals surface area contributed by atoms with Crippen molar-refractivity contribution in [1.29, 1.82) is 0 Å². The topological polar surface area (TPSA) is 79.4 Å². The molecule has 3 aromatic rings. The first-order valence-electron chi connectivity index (χ1n) is 9.25. The number of rotatable bonds is 6. The summed E-state index contributed by atoms with van der Waals surface area (Å²) in [5, 5.41) is 2.75. The smallest absolute Gasteiger partial charge is 0.276 e. The molecule has 6 nitrogen and oxygen atoms in total. The zero-order valence-electron chi connectivity index (χ0n) is 16.3. The minimum atomic E-state index is -0.384. The molecule has 0 aliphatic carbocycles. The molecular weight excluding hydrogens is 366 g/mol. The fourth-order valence-electron chi connectivity index (χ4n) is 2.90. The van der Waals surface area contributed by atoms with E-state index in [1.807, 2.05) is 37.3 Å². The number of amides is 2. The van der Waals surface area contributed by atoms with Crippen molar-refractivity contribution >= 4 is 29.0 Å². The van der Waals surface area contributed by atoms with E-state index in [0.29, 0.717) is 23.4 Å². The summed E-state index contributed by atoms with van der Waals surface area (Å²) in [5.41, 5.74) is 2.26. The largest absolute Gasteiger partial charge is 0.322 e. The molecule has 0 saturated heterocycles. The normalized spacial score (nSPS) is 10.3. The van der Waals surface area contributed by atoms with Gasteiger partial charge in [0.1, 0.15) is 5.69 Å². The Labute approximate surface area is 169 Å². The molecular formula is C23H21N3O3. The molecule has 3 rings (SSSR count). The Bertz CT molecular complexity index is 1050. The van der Waals surface area contributed by atoms with Crippen molar-refractivity contribution in [3.63, 3.8) is 0 Å². The van der Waals surface area contributed by atoms with Crippen molar-refractivity contribution in [2.24, 2.45) is 0 Å². The average molecular weight is 387 g/mol. The van der Waals surface area contributed by atoms with Crippen LogP contribution in [-0.4, -0.2) is 29.1 Å². The molecule has 1 aromatic heterocycles. The molecule has 2 amide bonds. The number of carbonyl (C=O) groups excluding carboxylic acids is 3. The molecule has 2 aromatic carbocycles. The lowest BCUT2D eigenvalue weighted by Crippen LogP contribution is -2.31. The zero-order valence-corrected chi connectivity index (χ0v) is 16.3. The van der Waals surface area contributed by atoms with Gasteiger partial charge in [-0.15, -0.1) is 0 Å². The van der Waals surface area contributed by atoms with E-state index < -0.39 is 0 Å². The number of hydrogen-bond acceptors (Lipinski definition) is 4. The predicted molar refractivity (Wildman–Crippen MR) is 112 cm³/mol. The third-order valence-electron chi connectivity index (χ3n) is 4.40. The Hall–Kier alpha value is -3.80. The number of ketones is 1. The van der Waals surface area contributed by atoms with Crippen LogP contribution in [0.2, 0.25) is 0 Å². The van der Waals surface area contributed by atoms with Crippen LogP contribution in [-0.2, 0) is 0 Å². The monoisotopic (exact) mass is 387 g/mol. The van der Waals surface area contributed by atoms with Gasteiger partial charge in [0.15, 0.2) is 5.78 Å². The lowest BCUT2D eigenvalue weighted by atomic mass is 10.1. The van der Waals surface area contributed by atoms with Crippen LogP contribution >= 0.6 is 0 Å². The van der Waals surface area contributed by atoms with Gasteiger partial charge in [0.05, 0.1) is 0 Å². The highest BCUT2D eigenvalue weighted by atomic mass is 16.2. The summed E-state index contributed by atoms with van der Waals surface area (Å²) in [7, 11) is 0. The van der Waals surface area contributed by atoms with Crippen LogP contribution in [0.25, 0.3) is 0 Å². The summed E-state index contributed by atoms with van der Waals surface area (Å²) < 4.78 is 0. The standard InChI is InChI=1S/C23H21N3O3/c1-3-26(20-10-5-4-6-11-20)23(29)21-15-18(12-13-24-21)22(28)25-19-9-7-8-17(14-19)16(2)27/h4-15H,3H2,1-2H3,(H,25,28). The number of hydrogen-bond donors (Lipinski definition) is 1. The molecule has 146 valence electrons. The number of benzene rings is 2. The van der Waals surface area contributed by atoms with Gasteiger partial charge in [-0.1, -0.05) is 30.3 Å². The third-order valence-corrected chi connectivity index (χ3v) is 4.40. The summed E-state index contributed by atoms with van der Waals surface area (Å²) in [6, 6.07) is 19.0. The Morgan fingerprint density at radius 1 is 0.931 bits per heavy atom. The summed E-state index contributed by atoms with van der Waals surface area (Å²) in [6.07, 6.45) is 1.44. The SMILES string of the molecule is CCN(C(=O)c1cc(C(=O)Nc2cccc(C(C)=O)c2)ccn1)c1ccccc1. The molecule has 0 radical (unpaired) electrons. The second-order valence-electron chi connectivity index (χ2n) is 6.41. The first kappa shape index (κ1) is 19.9. The van der Waals surface area contributed by atoms with Gasteiger partial charge < -0.3 is 10.2 Å². The quantitative estimate of drug-likeness (QED) is 0.643. The van der Waals surface area contributed by atoms with Gasteiger partial charge in [0, 0.05) is 35.2 Å². The first-order chi connectivity index (χ1) is 14.0. The van der Waals surface area contributed by atoms with E-state index in [9.17, 15) is 14.4 Å².